The van der Waals surface area contributed by atoms with Crippen LogP contribution in [0.2, 0.25) is 0 Å². The lowest BCUT2D eigenvalue weighted by molar-refractivity contribution is -0.135. The van der Waals surface area contributed by atoms with Gasteiger partial charge in [-0.25, -0.2) is 0 Å². The molecule has 0 saturated carbocycles. The van der Waals surface area contributed by atoms with E-state index in [0.29, 0.717) is 6.54 Å². The van der Waals surface area contributed by atoms with Crippen molar-refractivity contribution in [3.8, 4) is 0 Å². The van der Waals surface area contributed by atoms with Crippen molar-refractivity contribution in [2.24, 2.45) is 5.92 Å². The highest BCUT2D eigenvalue weighted by molar-refractivity contribution is 5.85. The van der Waals surface area contributed by atoms with Gasteiger partial charge in [-0.1, -0.05) is 36.4 Å². The summed E-state index contributed by atoms with van der Waals surface area (Å²) in [5.74, 6) is 0.473. The van der Waals surface area contributed by atoms with Crippen molar-refractivity contribution in [1.82, 2.24) is 10.2 Å². The van der Waals surface area contributed by atoms with Crippen molar-refractivity contribution in [2.45, 2.75) is 19.4 Å². The second-order valence-electron chi connectivity index (χ2n) is 5.90. The molecular weight excluding hydrogens is 296 g/mol. The van der Waals surface area contributed by atoms with Gasteiger partial charge in [0.2, 0.25) is 5.91 Å². The predicted molar refractivity (Wildman–Crippen MR) is 93.3 cm³/mol. The van der Waals surface area contributed by atoms with E-state index in [1.807, 2.05) is 11.9 Å². The third kappa shape index (κ3) is 3.79. The van der Waals surface area contributed by atoms with Gasteiger partial charge in [0.15, 0.2) is 0 Å². The number of nitrogens with zero attached hydrogens (tertiary/aromatic N) is 1. The van der Waals surface area contributed by atoms with Crippen LogP contribution in [0.15, 0.2) is 42.5 Å². The predicted octanol–water partition coefficient (Wildman–Crippen LogP) is 3.22. The number of benzene rings is 2. The lowest BCUT2D eigenvalue weighted by atomic mass is 9.96. The quantitative estimate of drug-likeness (QED) is 0.942. The summed E-state index contributed by atoms with van der Waals surface area (Å²) in [6.07, 6.45) is 1.92. The molecule has 1 heterocycles. The molecule has 0 radical (unpaired) electrons. The monoisotopic (exact) mass is 318 g/mol. The first-order chi connectivity index (χ1) is 10.2. The summed E-state index contributed by atoms with van der Waals surface area (Å²) in [7, 11) is 1.92. The number of carbonyl (C=O) groups excluding carboxylic acids is 1. The van der Waals surface area contributed by atoms with Gasteiger partial charge in [-0.05, 0) is 48.3 Å². The summed E-state index contributed by atoms with van der Waals surface area (Å²) < 4.78 is 0. The number of halogens is 1. The van der Waals surface area contributed by atoms with Crippen LogP contribution < -0.4 is 5.32 Å². The van der Waals surface area contributed by atoms with Gasteiger partial charge in [0, 0.05) is 19.5 Å². The van der Waals surface area contributed by atoms with Gasteiger partial charge in [0.25, 0.3) is 0 Å². The molecule has 4 heteroatoms. The highest BCUT2D eigenvalue weighted by Crippen LogP contribution is 2.19. The molecule has 0 unspecified atom stereocenters. The Morgan fingerprint density at radius 3 is 2.55 bits per heavy atom. The maximum atomic E-state index is 12.5. The Bertz CT molecular complexity index is 638. The molecule has 1 aliphatic heterocycles. The number of piperidine rings is 1. The van der Waals surface area contributed by atoms with Crippen molar-refractivity contribution < 1.29 is 4.79 Å². The Hall–Kier alpha value is -1.58. The number of rotatable bonds is 3. The number of amides is 1. The SMILES string of the molecule is CN(Cc1ccc2ccccc2c1)C(=O)C1CCNCC1.Cl. The Morgan fingerprint density at radius 1 is 1.14 bits per heavy atom. The molecule has 1 amide bonds. The standard InChI is InChI=1S/C18H22N2O.ClH/c1-20(18(21)16-8-10-19-11-9-16)13-14-6-7-15-4-2-3-5-17(15)12-14;/h2-7,12,16,19H,8-11,13H2,1H3;1H. The van der Waals surface area contributed by atoms with Crippen LogP contribution in [0.4, 0.5) is 0 Å². The van der Waals surface area contributed by atoms with Crippen LogP contribution in [0, 0.1) is 5.92 Å². The molecule has 1 saturated heterocycles. The average Bonchev–Trinajstić information content (AvgIpc) is 2.55. The lowest BCUT2D eigenvalue weighted by Crippen LogP contribution is -2.38. The van der Waals surface area contributed by atoms with Crippen LogP contribution in [0.1, 0.15) is 18.4 Å². The normalized spacial score (nSPS) is 15.3. The summed E-state index contributed by atoms with van der Waals surface area (Å²) in [6.45, 7) is 2.61. The van der Waals surface area contributed by atoms with Gasteiger partial charge in [-0.3, -0.25) is 4.79 Å². The van der Waals surface area contributed by atoms with Crippen molar-refractivity contribution >= 4 is 29.1 Å². The minimum Gasteiger partial charge on any atom is -0.341 e. The zero-order chi connectivity index (χ0) is 14.7. The molecule has 3 nitrogen and oxygen atoms in total. The summed E-state index contributed by atoms with van der Waals surface area (Å²) >= 11 is 0. The van der Waals surface area contributed by atoms with Crippen molar-refractivity contribution in [1.29, 1.82) is 0 Å². The molecule has 3 rings (SSSR count). The summed E-state index contributed by atoms with van der Waals surface area (Å²) in [6, 6.07) is 14.8. The largest absolute Gasteiger partial charge is 0.341 e. The van der Waals surface area contributed by atoms with Crippen LogP contribution in [0.3, 0.4) is 0 Å². The first-order valence-electron chi connectivity index (χ1n) is 7.67. The molecule has 1 fully saturated rings. The van der Waals surface area contributed by atoms with E-state index < -0.39 is 0 Å². The van der Waals surface area contributed by atoms with E-state index in [-0.39, 0.29) is 24.2 Å². The molecule has 1 aliphatic rings. The Morgan fingerprint density at radius 2 is 1.82 bits per heavy atom. The van der Waals surface area contributed by atoms with Crippen molar-refractivity contribution in [3.05, 3.63) is 48.0 Å². The van der Waals surface area contributed by atoms with Crippen molar-refractivity contribution in [2.75, 3.05) is 20.1 Å². The van der Waals surface area contributed by atoms with E-state index in [1.165, 1.54) is 16.3 Å². The van der Waals surface area contributed by atoms with Crippen molar-refractivity contribution in [3.63, 3.8) is 0 Å². The lowest BCUT2D eigenvalue weighted by Gasteiger charge is -2.27. The third-order valence-corrected chi connectivity index (χ3v) is 4.30. The molecule has 0 bridgehead atoms. The van der Waals surface area contributed by atoms with E-state index in [1.54, 1.807) is 0 Å². The summed E-state index contributed by atoms with van der Waals surface area (Å²) in [4.78, 5) is 14.3. The minimum absolute atomic E-state index is 0. The first kappa shape index (κ1) is 16.8. The van der Waals surface area contributed by atoms with Crippen LogP contribution in [0.5, 0.6) is 0 Å². The van der Waals surface area contributed by atoms with Gasteiger partial charge >= 0.3 is 0 Å². The number of fused-ring (bicyclic) bond motifs is 1. The highest BCUT2D eigenvalue weighted by Gasteiger charge is 2.23. The van der Waals surface area contributed by atoms with Crippen LogP contribution >= 0.6 is 12.4 Å². The molecule has 1 N–H and O–H groups in total. The molecular formula is C18H23ClN2O. The number of nitrogens with one attached hydrogen (secondary N) is 1. The number of hydrogen-bond donors (Lipinski definition) is 1. The number of hydrogen-bond acceptors (Lipinski definition) is 2. The average molecular weight is 319 g/mol. The molecule has 0 atom stereocenters. The molecule has 118 valence electrons. The van der Waals surface area contributed by atoms with Gasteiger partial charge in [0.05, 0.1) is 0 Å². The summed E-state index contributed by atoms with van der Waals surface area (Å²) in [5, 5.41) is 5.79. The topological polar surface area (TPSA) is 32.3 Å². The Labute approximate surface area is 138 Å². The summed E-state index contributed by atoms with van der Waals surface area (Å²) in [5.41, 5.74) is 1.19. The molecule has 0 spiro atoms. The minimum atomic E-state index is 0. The smallest absolute Gasteiger partial charge is 0.225 e. The van der Waals surface area contributed by atoms with Gasteiger partial charge in [-0.2, -0.15) is 0 Å². The fourth-order valence-corrected chi connectivity index (χ4v) is 3.07. The van der Waals surface area contributed by atoms with Gasteiger partial charge in [0.1, 0.15) is 0 Å². The Kier molecular flexibility index (Phi) is 5.81. The first-order valence-corrected chi connectivity index (χ1v) is 7.67. The molecule has 2 aromatic carbocycles. The number of carbonyl (C=O) groups is 1. The maximum absolute atomic E-state index is 12.5. The van der Waals surface area contributed by atoms with E-state index in [4.69, 9.17) is 0 Å². The van der Waals surface area contributed by atoms with E-state index in [9.17, 15) is 4.79 Å². The zero-order valence-electron chi connectivity index (χ0n) is 12.9. The zero-order valence-corrected chi connectivity index (χ0v) is 13.7. The highest BCUT2D eigenvalue weighted by atomic mass is 35.5. The third-order valence-electron chi connectivity index (χ3n) is 4.30. The van der Waals surface area contributed by atoms with Gasteiger partial charge in [-0.15, -0.1) is 12.4 Å². The fraction of sp³-hybridized carbons (Fsp3) is 0.389. The fourth-order valence-electron chi connectivity index (χ4n) is 3.07. The second-order valence-corrected chi connectivity index (χ2v) is 5.90. The van der Waals surface area contributed by atoms with E-state index in [2.05, 4.69) is 47.8 Å². The van der Waals surface area contributed by atoms with E-state index in [0.717, 1.165) is 25.9 Å². The van der Waals surface area contributed by atoms with E-state index >= 15 is 0 Å². The molecule has 2 aromatic rings. The molecule has 22 heavy (non-hydrogen) atoms. The van der Waals surface area contributed by atoms with Crippen LogP contribution in [-0.4, -0.2) is 30.9 Å². The molecule has 0 aliphatic carbocycles. The molecule has 0 aromatic heterocycles. The van der Waals surface area contributed by atoms with Gasteiger partial charge < -0.3 is 10.2 Å². The maximum Gasteiger partial charge on any atom is 0.225 e. The van der Waals surface area contributed by atoms with Crippen LogP contribution in [0.25, 0.3) is 10.8 Å². The second kappa shape index (κ2) is 7.61. The Balaban J connectivity index is 0.00000176. The van der Waals surface area contributed by atoms with Crippen LogP contribution in [-0.2, 0) is 11.3 Å².